The van der Waals surface area contributed by atoms with Gasteiger partial charge in [-0.15, -0.1) is 11.3 Å². The van der Waals surface area contributed by atoms with Crippen molar-refractivity contribution in [2.45, 2.75) is 0 Å². The first-order valence-electron chi connectivity index (χ1n) is 5.04. The van der Waals surface area contributed by atoms with Crippen molar-refractivity contribution in [1.82, 2.24) is 10.2 Å². The average Bonchev–Trinajstić information content (AvgIpc) is 2.72. The lowest BCUT2D eigenvalue weighted by Crippen LogP contribution is -2.47. The highest BCUT2D eigenvalue weighted by Crippen LogP contribution is 2.19. The summed E-state index contributed by atoms with van der Waals surface area (Å²) in [6, 6.07) is 4.28. The van der Waals surface area contributed by atoms with Crippen LogP contribution in [0.2, 0.25) is 0 Å². The maximum atomic E-state index is 3.37. The van der Waals surface area contributed by atoms with Gasteiger partial charge in [-0.1, -0.05) is 0 Å². The zero-order valence-electron chi connectivity index (χ0n) is 8.57. The molecule has 2 rings (SSSR count). The van der Waals surface area contributed by atoms with Crippen molar-refractivity contribution in [3.8, 4) is 0 Å². The Morgan fingerprint density at radius 3 is 2.93 bits per heavy atom. The van der Waals surface area contributed by atoms with Gasteiger partial charge in [0, 0.05) is 33.2 Å². The maximum absolute atomic E-state index is 3.37. The largest absolute Gasteiger partial charge is 0.354 e. The minimum Gasteiger partial charge on any atom is -0.354 e. The van der Waals surface area contributed by atoms with Gasteiger partial charge in [-0.25, -0.2) is 0 Å². The second-order valence-corrected chi connectivity index (χ2v) is 4.58. The molecule has 0 unspecified atom stereocenters. The SMILES string of the molecule is CN(CN1CCNCC1)c1cccs1. The first-order chi connectivity index (χ1) is 6.86. The van der Waals surface area contributed by atoms with E-state index >= 15 is 0 Å². The number of nitrogens with one attached hydrogen (secondary N) is 1. The summed E-state index contributed by atoms with van der Waals surface area (Å²) in [6.07, 6.45) is 0. The van der Waals surface area contributed by atoms with E-state index in [1.807, 2.05) is 0 Å². The van der Waals surface area contributed by atoms with Gasteiger partial charge in [-0.2, -0.15) is 0 Å². The molecule has 0 amide bonds. The first-order valence-corrected chi connectivity index (χ1v) is 5.92. The van der Waals surface area contributed by atoms with Gasteiger partial charge in [0.15, 0.2) is 0 Å². The monoisotopic (exact) mass is 211 g/mol. The first kappa shape index (κ1) is 9.96. The van der Waals surface area contributed by atoms with Crippen LogP contribution in [0.25, 0.3) is 0 Å². The molecule has 1 aromatic heterocycles. The predicted molar refractivity (Wildman–Crippen MR) is 62.0 cm³/mol. The molecular formula is C10H17N3S. The van der Waals surface area contributed by atoms with Gasteiger partial charge in [0.2, 0.25) is 0 Å². The topological polar surface area (TPSA) is 18.5 Å². The minimum absolute atomic E-state index is 1.04. The van der Waals surface area contributed by atoms with Gasteiger partial charge in [0.1, 0.15) is 0 Å². The second-order valence-electron chi connectivity index (χ2n) is 3.66. The van der Waals surface area contributed by atoms with Crippen LogP contribution < -0.4 is 10.2 Å². The number of hydrogen-bond donors (Lipinski definition) is 1. The summed E-state index contributed by atoms with van der Waals surface area (Å²) in [5, 5.41) is 6.84. The number of hydrogen-bond acceptors (Lipinski definition) is 4. The Hall–Kier alpha value is -0.580. The molecule has 3 nitrogen and oxygen atoms in total. The second kappa shape index (κ2) is 4.77. The summed E-state index contributed by atoms with van der Waals surface area (Å²) in [6.45, 7) is 5.62. The summed E-state index contributed by atoms with van der Waals surface area (Å²) in [5.74, 6) is 0. The lowest BCUT2D eigenvalue weighted by atomic mass is 10.4. The van der Waals surface area contributed by atoms with Crippen molar-refractivity contribution < 1.29 is 0 Å². The minimum atomic E-state index is 1.04. The molecule has 0 saturated carbocycles. The van der Waals surface area contributed by atoms with E-state index < -0.39 is 0 Å². The van der Waals surface area contributed by atoms with E-state index in [0.29, 0.717) is 0 Å². The van der Waals surface area contributed by atoms with Gasteiger partial charge >= 0.3 is 0 Å². The van der Waals surface area contributed by atoms with Crippen LogP contribution in [0.3, 0.4) is 0 Å². The molecule has 1 N–H and O–H groups in total. The molecule has 2 heterocycles. The molecule has 0 aromatic carbocycles. The van der Waals surface area contributed by atoms with Crippen LogP contribution in [0.5, 0.6) is 0 Å². The molecule has 1 fully saturated rings. The van der Waals surface area contributed by atoms with Gasteiger partial charge in [-0.3, -0.25) is 4.90 Å². The smallest absolute Gasteiger partial charge is 0.0916 e. The zero-order chi connectivity index (χ0) is 9.80. The van der Waals surface area contributed by atoms with Crippen LogP contribution in [0, 0.1) is 0 Å². The third kappa shape index (κ3) is 2.47. The average molecular weight is 211 g/mol. The summed E-state index contributed by atoms with van der Waals surface area (Å²) in [5.41, 5.74) is 0. The molecular weight excluding hydrogens is 194 g/mol. The Kier molecular flexibility index (Phi) is 3.39. The number of nitrogens with zero attached hydrogens (tertiary/aromatic N) is 2. The maximum Gasteiger partial charge on any atom is 0.0916 e. The van der Waals surface area contributed by atoms with Crippen molar-refractivity contribution >= 4 is 16.3 Å². The van der Waals surface area contributed by atoms with Crippen LogP contribution in [-0.2, 0) is 0 Å². The van der Waals surface area contributed by atoms with Crippen LogP contribution in [0.1, 0.15) is 0 Å². The summed E-state index contributed by atoms with van der Waals surface area (Å²) in [4.78, 5) is 4.80. The van der Waals surface area contributed by atoms with Crippen LogP contribution in [-0.4, -0.2) is 44.8 Å². The molecule has 0 radical (unpaired) electrons. The normalized spacial score (nSPS) is 18.4. The van der Waals surface area contributed by atoms with Crippen molar-refractivity contribution in [2.24, 2.45) is 0 Å². The van der Waals surface area contributed by atoms with E-state index in [4.69, 9.17) is 0 Å². The van der Waals surface area contributed by atoms with Gasteiger partial charge in [0.25, 0.3) is 0 Å². The van der Waals surface area contributed by atoms with Crippen LogP contribution >= 0.6 is 11.3 Å². The fourth-order valence-electron chi connectivity index (χ4n) is 1.71. The molecule has 0 aliphatic carbocycles. The molecule has 0 bridgehead atoms. The third-order valence-corrected chi connectivity index (χ3v) is 3.49. The Morgan fingerprint density at radius 1 is 1.50 bits per heavy atom. The number of thiophene rings is 1. The molecule has 0 spiro atoms. The van der Waals surface area contributed by atoms with E-state index in [9.17, 15) is 0 Å². The standard InChI is InChI=1S/C10H17N3S/c1-12(10-3-2-8-14-10)9-13-6-4-11-5-7-13/h2-3,8,11H,4-7,9H2,1H3. The summed E-state index contributed by atoms with van der Waals surface area (Å²) >= 11 is 1.80. The number of piperazine rings is 1. The van der Waals surface area contributed by atoms with E-state index in [2.05, 4.69) is 39.7 Å². The highest BCUT2D eigenvalue weighted by molar-refractivity contribution is 7.14. The molecule has 1 aromatic rings. The fraction of sp³-hybridized carbons (Fsp3) is 0.600. The molecule has 1 aliphatic rings. The van der Waals surface area contributed by atoms with Crippen LogP contribution in [0.15, 0.2) is 17.5 Å². The fourth-order valence-corrected chi connectivity index (χ4v) is 2.40. The summed E-state index contributed by atoms with van der Waals surface area (Å²) in [7, 11) is 2.16. The van der Waals surface area contributed by atoms with Crippen molar-refractivity contribution in [2.75, 3.05) is 44.8 Å². The molecule has 1 saturated heterocycles. The number of anilines is 1. The van der Waals surface area contributed by atoms with E-state index in [0.717, 1.165) is 32.8 Å². The van der Waals surface area contributed by atoms with Crippen molar-refractivity contribution in [3.05, 3.63) is 17.5 Å². The van der Waals surface area contributed by atoms with Crippen molar-refractivity contribution in [3.63, 3.8) is 0 Å². The van der Waals surface area contributed by atoms with Gasteiger partial charge in [0.05, 0.1) is 11.7 Å². The van der Waals surface area contributed by atoms with Crippen molar-refractivity contribution in [1.29, 1.82) is 0 Å². The highest BCUT2D eigenvalue weighted by atomic mass is 32.1. The molecule has 14 heavy (non-hydrogen) atoms. The van der Waals surface area contributed by atoms with E-state index in [-0.39, 0.29) is 0 Å². The predicted octanol–water partition coefficient (Wildman–Crippen LogP) is 1.05. The Balaban J connectivity index is 1.84. The molecule has 0 atom stereocenters. The van der Waals surface area contributed by atoms with E-state index in [1.54, 1.807) is 11.3 Å². The van der Waals surface area contributed by atoms with Gasteiger partial charge < -0.3 is 10.2 Å². The number of rotatable bonds is 3. The van der Waals surface area contributed by atoms with Gasteiger partial charge in [-0.05, 0) is 17.5 Å². The highest BCUT2D eigenvalue weighted by Gasteiger charge is 2.11. The Labute approximate surface area is 89.3 Å². The molecule has 4 heteroatoms. The molecule has 78 valence electrons. The van der Waals surface area contributed by atoms with E-state index in [1.165, 1.54) is 5.00 Å². The lowest BCUT2D eigenvalue weighted by Gasteiger charge is -2.31. The Bertz CT molecular complexity index is 254. The Morgan fingerprint density at radius 2 is 2.29 bits per heavy atom. The summed E-state index contributed by atoms with van der Waals surface area (Å²) < 4.78 is 0. The molecule has 1 aliphatic heterocycles. The third-order valence-electron chi connectivity index (χ3n) is 2.50. The lowest BCUT2D eigenvalue weighted by molar-refractivity contribution is 0.244. The quantitative estimate of drug-likeness (QED) is 0.806. The van der Waals surface area contributed by atoms with Crippen LogP contribution in [0.4, 0.5) is 5.00 Å². The zero-order valence-corrected chi connectivity index (χ0v) is 9.39.